The van der Waals surface area contributed by atoms with Crippen molar-refractivity contribution in [3.8, 4) is 11.8 Å². The zero-order chi connectivity index (χ0) is 16.6. The second-order valence-corrected chi connectivity index (χ2v) is 5.83. The molecule has 1 heterocycles. The molecule has 0 atom stereocenters. The van der Waals surface area contributed by atoms with Crippen molar-refractivity contribution in [2.45, 2.75) is 13.8 Å². The van der Waals surface area contributed by atoms with E-state index in [2.05, 4.69) is 16.0 Å². The molecule has 2 N–H and O–H groups in total. The maximum absolute atomic E-state index is 9.46. The Bertz CT molecular complexity index is 941. The van der Waals surface area contributed by atoms with Crippen molar-refractivity contribution in [1.82, 2.24) is 9.97 Å². The standard InChI is InChI=1S/C18H14ClN3O/c1-10-5-15-16(6-11(10)2)22-18(21-15)13(9-20)7-12-3-4-17(23)14(19)8-12/h3-8,23H,1-2H3,(H,21,22)/b13-7-. The van der Waals surface area contributed by atoms with Crippen molar-refractivity contribution in [3.05, 3.63) is 57.9 Å². The van der Waals surface area contributed by atoms with Crippen molar-refractivity contribution in [2.75, 3.05) is 0 Å². The molecular weight excluding hydrogens is 310 g/mol. The number of hydrogen-bond donors (Lipinski definition) is 2. The van der Waals surface area contributed by atoms with Crippen molar-refractivity contribution in [1.29, 1.82) is 5.26 Å². The highest BCUT2D eigenvalue weighted by Gasteiger charge is 2.09. The summed E-state index contributed by atoms with van der Waals surface area (Å²) in [4.78, 5) is 7.67. The molecule has 0 fully saturated rings. The third-order valence-electron chi connectivity index (χ3n) is 3.76. The Balaban J connectivity index is 2.08. The predicted molar refractivity (Wildman–Crippen MR) is 92.2 cm³/mol. The fourth-order valence-corrected chi connectivity index (χ4v) is 2.52. The van der Waals surface area contributed by atoms with Gasteiger partial charge in [0.15, 0.2) is 0 Å². The molecule has 4 nitrogen and oxygen atoms in total. The molecule has 0 saturated carbocycles. The van der Waals surface area contributed by atoms with E-state index in [0.29, 0.717) is 11.4 Å². The lowest BCUT2D eigenvalue weighted by molar-refractivity contribution is 0.475. The van der Waals surface area contributed by atoms with Crippen LogP contribution >= 0.6 is 11.6 Å². The molecule has 0 unspecified atom stereocenters. The summed E-state index contributed by atoms with van der Waals surface area (Å²) in [5.41, 5.74) is 5.17. The molecule has 0 spiro atoms. The van der Waals surface area contributed by atoms with E-state index in [9.17, 15) is 10.4 Å². The minimum atomic E-state index is 0.0111. The first-order valence-corrected chi connectivity index (χ1v) is 7.43. The van der Waals surface area contributed by atoms with Crippen LogP contribution in [-0.4, -0.2) is 15.1 Å². The van der Waals surface area contributed by atoms with Crippen molar-refractivity contribution in [3.63, 3.8) is 0 Å². The van der Waals surface area contributed by atoms with Crippen LogP contribution < -0.4 is 0 Å². The third-order valence-corrected chi connectivity index (χ3v) is 4.06. The van der Waals surface area contributed by atoms with Gasteiger partial charge in [0.1, 0.15) is 17.6 Å². The van der Waals surface area contributed by atoms with Gasteiger partial charge in [-0.3, -0.25) is 0 Å². The van der Waals surface area contributed by atoms with E-state index in [1.54, 1.807) is 18.2 Å². The molecule has 0 bridgehead atoms. The largest absolute Gasteiger partial charge is 0.506 e. The van der Waals surface area contributed by atoms with Crippen LogP contribution in [0.1, 0.15) is 22.5 Å². The number of phenolic OH excluding ortho intramolecular Hbond substituents is 1. The van der Waals surface area contributed by atoms with E-state index in [0.717, 1.165) is 22.2 Å². The zero-order valence-electron chi connectivity index (χ0n) is 12.7. The van der Waals surface area contributed by atoms with Crippen LogP contribution in [0.15, 0.2) is 30.3 Å². The molecule has 114 valence electrons. The number of nitrogens with one attached hydrogen (secondary N) is 1. The summed E-state index contributed by atoms with van der Waals surface area (Å²) in [5, 5.41) is 19.1. The molecule has 2 aromatic carbocycles. The molecule has 0 saturated heterocycles. The van der Waals surface area contributed by atoms with E-state index in [4.69, 9.17) is 11.6 Å². The Labute approximate surface area is 138 Å². The van der Waals surface area contributed by atoms with Crippen LogP contribution in [-0.2, 0) is 0 Å². The minimum absolute atomic E-state index is 0.0111. The van der Waals surface area contributed by atoms with Gasteiger partial charge in [0.25, 0.3) is 0 Å². The number of H-pyrrole nitrogens is 1. The van der Waals surface area contributed by atoms with Crippen LogP contribution in [0.25, 0.3) is 22.7 Å². The van der Waals surface area contributed by atoms with Gasteiger partial charge in [-0.05, 0) is 60.9 Å². The number of allylic oxidation sites excluding steroid dienone is 1. The smallest absolute Gasteiger partial charge is 0.149 e. The number of nitriles is 1. The fourth-order valence-electron chi connectivity index (χ4n) is 2.33. The molecule has 0 amide bonds. The molecule has 3 rings (SSSR count). The number of imidazole rings is 1. The average Bonchev–Trinajstić information content (AvgIpc) is 2.91. The highest BCUT2D eigenvalue weighted by atomic mass is 35.5. The molecular formula is C18H14ClN3O. The molecule has 0 aliphatic carbocycles. The van der Waals surface area contributed by atoms with Crippen molar-refractivity contribution >= 4 is 34.3 Å². The first-order chi connectivity index (χ1) is 11.0. The summed E-state index contributed by atoms with van der Waals surface area (Å²) in [6.07, 6.45) is 1.68. The highest BCUT2D eigenvalue weighted by molar-refractivity contribution is 6.32. The average molecular weight is 324 g/mol. The molecule has 1 aromatic heterocycles. The Kier molecular flexibility index (Phi) is 3.81. The van der Waals surface area contributed by atoms with E-state index < -0.39 is 0 Å². The van der Waals surface area contributed by atoms with E-state index in [-0.39, 0.29) is 10.8 Å². The van der Waals surface area contributed by atoms with Gasteiger partial charge >= 0.3 is 0 Å². The second kappa shape index (κ2) is 5.79. The van der Waals surface area contributed by atoms with Gasteiger partial charge < -0.3 is 10.1 Å². The molecule has 0 aliphatic heterocycles. The van der Waals surface area contributed by atoms with Gasteiger partial charge in [-0.15, -0.1) is 0 Å². The number of benzene rings is 2. The minimum Gasteiger partial charge on any atom is -0.506 e. The Hall–Kier alpha value is -2.77. The van der Waals surface area contributed by atoms with E-state index in [1.807, 2.05) is 26.0 Å². The maximum Gasteiger partial charge on any atom is 0.149 e. The number of phenols is 1. The third kappa shape index (κ3) is 2.92. The summed E-state index contributed by atoms with van der Waals surface area (Å²) in [6.45, 7) is 4.07. The van der Waals surface area contributed by atoms with Gasteiger partial charge in [0.2, 0.25) is 0 Å². The number of hydrogen-bond acceptors (Lipinski definition) is 3. The number of fused-ring (bicyclic) bond motifs is 1. The van der Waals surface area contributed by atoms with E-state index in [1.165, 1.54) is 11.6 Å². The van der Waals surface area contributed by atoms with Gasteiger partial charge in [0.05, 0.1) is 21.6 Å². The summed E-state index contributed by atoms with van der Waals surface area (Å²) < 4.78 is 0. The Morgan fingerprint density at radius 2 is 2.00 bits per heavy atom. The maximum atomic E-state index is 9.46. The molecule has 0 aliphatic rings. The lowest BCUT2D eigenvalue weighted by atomic mass is 10.1. The van der Waals surface area contributed by atoms with Crippen molar-refractivity contribution in [2.24, 2.45) is 0 Å². The normalized spacial score (nSPS) is 11.7. The monoisotopic (exact) mass is 323 g/mol. The number of rotatable bonds is 2. The first-order valence-electron chi connectivity index (χ1n) is 7.05. The Morgan fingerprint density at radius 1 is 1.26 bits per heavy atom. The summed E-state index contributed by atoms with van der Waals surface area (Å²) in [6, 6.07) is 11.0. The fraction of sp³-hybridized carbons (Fsp3) is 0.111. The van der Waals surface area contributed by atoms with Crippen LogP contribution in [0, 0.1) is 25.2 Å². The number of aromatic hydroxyl groups is 1. The quantitative estimate of drug-likeness (QED) is 0.677. The van der Waals surface area contributed by atoms with Crippen LogP contribution in [0.2, 0.25) is 5.02 Å². The molecule has 0 radical (unpaired) electrons. The molecule has 5 heteroatoms. The zero-order valence-corrected chi connectivity index (χ0v) is 13.4. The number of aryl methyl sites for hydroxylation is 2. The number of halogens is 1. The lowest BCUT2D eigenvalue weighted by Gasteiger charge is -1.99. The summed E-state index contributed by atoms with van der Waals surface area (Å²) in [7, 11) is 0. The number of nitrogens with zero attached hydrogens (tertiary/aromatic N) is 2. The Morgan fingerprint density at radius 3 is 2.70 bits per heavy atom. The number of aromatic nitrogens is 2. The predicted octanol–water partition coefficient (Wildman–Crippen LogP) is 4.60. The van der Waals surface area contributed by atoms with Gasteiger partial charge in [-0.2, -0.15) is 5.26 Å². The SMILES string of the molecule is Cc1cc2nc(/C(C#N)=C\c3ccc(O)c(Cl)c3)[nH]c2cc1C. The van der Waals surface area contributed by atoms with Gasteiger partial charge in [-0.1, -0.05) is 17.7 Å². The van der Waals surface area contributed by atoms with Gasteiger partial charge in [-0.25, -0.2) is 4.98 Å². The highest BCUT2D eigenvalue weighted by Crippen LogP contribution is 2.26. The van der Waals surface area contributed by atoms with Gasteiger partial charge in [0, 0.05) is 0 Å². The topological polar surface area (TPSA) is 72.7 Å². The van der Waals surface area contributed by atoms with Crippen LogP contribution in [0.4, 0.5) is 0 Å². The van der Waals surface area contributed by atoms with Crippen LogP contribution in [0.5, 0.6) is 5.75 Å². The van der Waals surface area contributed by atoms with E-state index >= 15 is 0 Å². The molecule has 3 aromatic rings. The summed E-state index contributed by atoms with van der Waals surface area (Å²) in [5.74, 6) is 0.522. The second-order valence-electron chi connectivity index (χ2n) is 5.42. The first kappa shape index (κ1) is 15.1. The number of aromatic amines is 1. The summed E-state index contributed by atoms with van der Waals surface area (Å²) >= 11 is 5.90. The molecule has 23 heavy (non-hydrogen) atoms. The van der Waals surface area contributed by atoms with Crippen molar-refractivity contribution < 1.29 is 5.11 Å². The van der Waals surface area contributed by atoms with Crippen LogP contribution in [0.3, 0.4) is 0 Å². The lowest BCUT2D eigenvalue weighted by Crippen LogP contribution is -1.85.